The van der Waals surface area contributed by atoms with Crippen LogP contribution in [0.1, 0.15) is 5.56 Å². The Morgan fingerprint density at radius 3 is 2.63 bits per heavy atom. The Morgan fingerprint density at radius 2 is 1.89 bits per heavy atom. The topological polar surface area (TPSA) is 93.9 Å². The second-order valence-corrected chi connectivity index (χ2v) is 5.90. The Labute approximate surface area is 158 Å². The third-order valence-electron chi connectivity index (χ3n) is 4.30. The first-order chi connectivity index (χ1) is 13.2. The minimum Gasteiger partial charge on any atom is -0.497 e. The first kappa shape index (κ1) is 18.4. The molecule has 0 aliphatic rings. The summed E-state index contributed by atoms with van der Waals surface area (Å²) in [6.07, 6.45) is 2.72. The molecular weight excluding hydrogens is 344 g/mol. The molecule has 7 heteroatoms. The molecule has 2 aromatic carbocycles. The van der Waals surface area contributed by atoms with Crippen molar-refractivity contribution in [1.82, 2.24) is 4.98 Å². The monoisotopic (exact) mass is 368 g/mol. The van der Waals surface area contributed by atoms with Crippen molar-refractivity contribution in [2.75, 3.05) is 33.2 Å². The number of H-pyrrole nitrogens is 1. The number of nitrogens with one attached hydrogen (secondary N) is 2. The molecule has 0 saturated carbocycles. The largest absolute Gasteiger partial charge is 0.497 e. The van der Waals surface area contributed by atoms with Gasteiger partial charge < -0.3 is 30.2 Å². The number of rotatable bonds is 7. The van der Waals surface area contributed by atoms with E-state index in [0.29, 0.717) is 29.7 Å². The van der Waals surface area contributed by atoms with E-state index in [9.17, 15) is 0 Å². The van der Waals surface area contributed by atoms with Crippen LogP contribution in [0.15, 0.2) is 47.6 Å². The molecule has 0 radical (unpaired) electrons. The number of methoxy groups -OCH3 is 3. The van der Waals surface area contributed by atoms with Crippen molar-refractivity contribution in [2.45, 2.75) is 6.42 Å². The Balaban J connectivity index is 1.70. The van der Waals surface area contributed by atoms with Gasteiger partial charge in [0.15, 0.2) is 5.96 Å². The van der Waals surface area contributed by atoms with Crippen LogP contribution in [-0.4, -0.2) is 38.8 Å². The number of aromatic amines is 1. The van der Waals surface area contributed by atoms with E-state index < -0.39 is 0 Å². The van der Waals surface area contributed by atoms with Crippen LogP contribution in [-0.2, 0) is 6.42 Å². The fourth-order valence-electron chi connectivity index (χ4n) is 2.97. The van der Waals surface area contributed by atoms with Crippen molar-refractivity contribution in [3.8, 4) is 17.2 Å². The van der Waals surface area contributed by atoms with Gasteiger partial charge in [0.25, 0.3) is 0 Å². The highest BCUT2D eigenvalue weighted by molar-refractivity contribution is 5.94. The van der Waals surface area contributed by atoms with Gasteiger partial charge in [0.1, 0.15) is 17.2 Å². The molecule has 3 rings (SSSR count). The van der Waals surface area contributed by atoms with Crippen LogP contribution in [0.25, 0.3) is 10.9 Å². The zero-order valence-corrected chi connectivity index (χ0v) is 15.7. The van der Waals surface area contributed by atoms with Crippen molar-refractivity contribution in [2.24, 2.45) is 10.7 Å². The lowest BCUT2D eigenvalue weighted by Gasteiger charge is -2.12. The number of fused-ring (bicyclic) bond motifs is 1. The molecule has 0 fully saturated rings. The summed E-state index contributed by atoms with van der Waals surface area (Å²) >= 11 is 0. The van der Waals surface area contributed by atoms with Crippen molar-refractivity contribution in [3.05, 3.63) is 48.2 Å². The molecule has 0 unspecified atom stereocenters. The van der Waals surface area contributed by atoms with Gasteiger partial charge in [-0.2, -0.15) is 0 Å². The minimum atomic E-state index is 0.313. The lowest BCUT2D eigenvalue weighted by atomic mass is 10.1. The van der Waals surface area contributed by atoms with Gasteiger partial charge in [-0.1, -0.05) is 6.07 Å². The third kappa shape index (κ3) is 4.08. The normalized spacial score (nSPS) is 11.4. The van der Waals surface area contributed by atoms with Gasteiger partial charge in [0.05, 0.1) is 27.0 Å². The second kappa shape index (κ2) is 8.35. The number of aromatic nitrogens is 1. The van der Waals surface area contributed by atoms with E-state index in [4.69, 9.17) is 19.9 Å². The Bertz CT molecular complexity index is 950. The molecule has 1 aromatic heterocycles. The summed E-state index contributed by atoms with van der Waals surface area (Å²) in [4.78, 5) is 7.68. The van der Waals surface area contributed by atoms with Gasteiger partial charge in [-0.05, 0) is 36.2 Å². The predicted molar refractivity (Wildman–Crippen MR) is 108 cm³/mol. The van der Waals surface area contributed by atoms with E-state index in [1.54, 1.807) is 21.3 Å². The summed E-state index contributed by atoms with van der Waals surface area (Å²) in [6.45, 7) is 0.538. The number of benzene rings is 2. The van der Waals surface area contributed by atoms with E-state index in [0.717, 1.165) is 28.6 Å². The van der Waals surface area contributed by atoms with E-state index in [1.165, 1.54) is 0 Å². The molecule has 3 aromatic rings. The van der Waals surface area contributed by atoms with Crippen molar-refractivity contribution in [3.63, 3.8) is 0 Å². The number of hydrogen-bond donors (Lipinski definition) is 3. The Kier molecular flexibility index (Phi) is 5.71. The van der Waals surface area contributed by atoms with Crippen LogP contribution in [0, 0.1) is 0 Å². The lowest BCUT2D eigenvalue weighted by molar-refractivity contribution is 0.405. The predicted octanol–water partition coefficient (Wildman–Crippen LogP) is 3.16. The van der Waals surface area contributed by atoms with Gasteiger partial charge in [-0.3, -0.25) is 4.99 Å². The average molecular weight is 368 g/mol. The average Bonchev–Trinajstić information content (AvgIpc) is 3.11. The summed E-state index contributed by atoms with van der Waals surface area (Å²) < 4.78 is 16.0. The summed E-state index contributed by atoms with van der Waals surface area (Å²) in [5, 5.41) is 4.15. The molecule has 0 spiro atoms. The molecule has 0 aliphatic heterocycles. The molecule has 0 amide bonds. The van der Waals surface area contributed by atoms with Crippen molar-refractivity contribution in [1.29, 1.82) is 0 Å². The number of aliphatic imine (C=N–C) groups is 1. The zero-order chi connectivity index (χ0) is 19.2. The van der Waals surface area contributed by atoms with E-state index >= 15 is 0 Å². The van der Waals surface area contributed by atoms with Crippen LogP contribution in [0.3, 0.4) is 0 Å². The summed E-state index contributed by atoms with van der Waals surface area (Å²) in [5.74, 6) is 2.53. The number of nitrogens with zero attached hydrogens (tertiary/aromatic N) is 1. The maximum Gasteiger partial charge on any atom is 0.193 e. The Hall–Kier alpha value is -3.35. The number of nitrogens with two attached hydrogens (primary N) is 1. The van der Waals surface area contributed by atoms with Gasteiger partial charge >= 0.3 is 0 Å². The fraction of sp³-hybridized carbons (Fsp3) is 0.250. The van der Waals surface area contributed by atoms with Gasteiger partial charge in [-0.25, -0.2) is 0 Å². The van der Waals surface area contributed by atoms with Crippen molar-refractivity contribution >= 4 is 22.5 Å². The standard InChI is InChI=1S/C20H24N4O3/c1-25-14-7-8-17(26-2)16(11-14)24-20(21)22-10-9-13-12-23-15-5-4-6-18(27-3)19(13)15/h4-8,11-12,23H,9-10H2,1-3H3,(H3,21,22,24). The first-order valence-corrected chi connectivity index (χ1v) is 8.58. The zero-order valence-electron chi connectivity index (χ0n) is 15.7. The summed E-state index contributed by atoms with van der Waals surface area (Å²) in [5.41, 5.74) is 8.92. The summed E-state index contributed by atoms with van der Waals surface area (Å²) in [7, 11) is 4.89. The SMILES string of the molecule is COc1ccc(OC)c(NC(N)=NCCc2c[nH]c3cccc(OC)c23)c1. The van der Waals surface area contributed by atoms with Crippen LogP contribution >= 0.6 is 0 Å². The highest BCUT2D eigenvalue weighted by atomic mass is 16.5. The highest BCUT2D eigenvalue weighted by Crippen LogP contribution is 2.29. The van der Waals surface area contributed by atoms with Crippen LogP contribution < -0.4 is 25.3 Å². The molecule has 4 N–H and O–H groups in total. The Morgan fingerprint density at radius 1 is 1.07 bits per heavy atom. The highest BCUT2D eigenvalue weighted by Gasteiger charge is 2.09. The van der Waals surface area contributed by atoms with Crippen molar-refractivity contribution < 1.29 is 14.2 Å². The molecule has 0 atom stereocenters. The molecule has 27 heavy (non-hydrogen) atoms. The number of anilines is 1. The number of hydrogen-bond acceptors (Lipinski definition) is 4. The lowest BCUT2D eigenvalue weighted by Crippen LogP contribution is -2.23. The number of guanidine groups is 1. The second-order valence-electron chi connectivity index (χ2n) is 5.90. The molecule has 1 heterocycles. The third-order valence-corrected chi connectivity index (χ3v) is 4.30. The number of ether oxygens (including phenoxy) is 3. The molecule has 0 aliphatic carbocycles. The molecule has 0 bridgehead atoms. The smallest absolute Gasteiger partial charge is 0.193 e. The van der Waals surface area contributed by atoms with E-state index in [2.05, 4.69) is 15.3 Å². The van der Waals surface area contributed by atoms with Gasteiger partial charge in [-0.15, -0.1) is 0 Å². The molecule has 142 valence electrons. The molecule has 0 saturated heterocycles. The van der Waals surface area contributed by atoms with E-state index in [1.807, 2.05) is 42.6 Å². The quantitative estimate of drug-likeness (QED) is 0.440. The van der Waals surface area contributed by atoms with Crippen LogP contribution in [0.5, 0.6) is 17.2 Å². The minimum absolute atomic E-state index is 0.313. The van der Waals surface area contributed by atoms with Gasteiger partial charge in [0.2, 0.25) is 0 Å². The van der Waals surface area contributed by atoms with Gasteiger partial charge in [0, 0.05) is 29.7 Å². The fourth-order valence-corrected chi connectivity index (χ4v) is 2.97. The molecular formula is C20H24N4O3. The van der Waals surface area contributed by atoms with E-state index in [-0.39, 0.29) is 0 Å². The summed E-state index contributed by atoms with van der Waals surface area (Å²) in [6, 6.07) is 11.4. The van der Waals surface area contributed by atoms with Crippen LogP contribution in [0.4, 0.5) is 5.69 Å². The first-order valence-electron chi connectivity index (χ1n) is 8.58. The van der Waals surface area contributed by atoms with Crippen LogP contribution in [0.2, 0.25) is 0 Å². The molecule has 7 nitrogen and oxygen atoms in total. The maximum absolute atomic E-state index is 6.04. The maximum atomic E-state index is 6.04.